The number of rotatable bonds is 11. The molecule has 0 saturated heterocycles. The molecule has 1 aliphatic carbocycles. The van der Waals surface area contributed by atoms with Gasteiger partial charge in [-0.1, -0.05) is 26.2 Å². The van der Waals surface area contributed by atoms with Crippen molar-refractivity contribution in [3.63, 3.8) is 0 Å². The lowest BCUT2D eigenvalue weighted by Gasteiger charge is -2.26. The fourth-order valence-corrected chi connectivity index (χ4v) is 3.88. The Morgan fingerprint density at radius 3 is 2.00 bits per heavy atom. The summed E-state index contributed by atoms with van der Waals surface area (Å²) < 4.78 is 22.0. The third kappa shape index (κ3) is 7.90. The van der Waals surface area contributed by atoms with E-state index in [0.29, 0.717) is 23.7 Å². The van der Waals surface area contributed by atoms with Crippen LogP contribution in [0.15, 0.2) is 48.5 Å². The molecule has 6 heteroatoms. The zero-order chi connectivity index (χ0) is 23.5. The molecule has 2 aromatic rings. The van der Waals surface area contributed by atoms with E-state index in [1.807, 2.05) is 0 Å². The monoisotopic (exact) mass is 454 g/mol. The summed E-state index contributed by atoms with van der Waals surface area (Å²) in [5.41, 5.74) is 0.440. The van der Waals surface area contributed by atoms with Crippen LogP contribution in [0.25, 0.3) is 0 Å². The number of carbonyl (C=O) groups is 2. The van der Waals surface area contributed by atoms with Gasteiger partial charge in [-0.2, -0.15) is 0 Å². The molecule has 0 spiro atoms. The van der Waals surface area contributed by atoms with Gasteiger partial charge in [-0.05, 0) is 80.6 Å². The van der Waals surface area contributed by atoms with Gasteiger partial charge in [-0.25, -0.2) is 4.79 Å². The first kappa shape index (κ1) is 24.8. The summed E-state index contributed by atoms with van der Waals surface area (Å²) in [4.78, 5) is 24.8. The Balaban J connectivity index is 1.44. The lowest BCUT2D eigenvalue weighted by molar-refractivity contribution is -0.140. The van der Waals surface area contributed by atoms with Crippen molar-refractivity contribution in [1.82, 2.24) is 0 Å². The average molecular weight is 455 g/mol. The molecule has 0 bridgehead atoms. The molecule has 0 heterocycles. The molecule has 178 valence electrons. The van der Waals surface area contributed by atoms with E-state index in [0.717, 1.165) is 44.3 Å². The standard InChI is InChI=1S/C27H34O6/c1-3-4-5-6-19-31-23-13-9-21(10-14-23)27(29)33-25-17-15-24(16-18-25)32-26(28)20-7-11-22(30-2)12-8-20/h9-10,13-18,20,22H,3-8,11-12,19H2,1-2H3. The molecule has 33 heavy (non-hydrogen) atoms. The van der Waals surface area contributed by atoms with E-state index in [1.54, 1.807) is 55.6 Å². The van der Waals surface area contributed by atoms with Crippen LogP contribution in [0.5, 0.6) is 17.2 Å². The van der Waals surface area contributed by atoms with E-state index < -0.39 is 5.97 Å². The van der Waals surface area contributed by atoms with Crippen LogP contribution in [-0.4, -0.2) is 31.8 Å². The second-order valence-electron chi connectivity index (χ2n) is 8.42. The Morgan fingerprint density at radius 1 is 0.788 bits per heavy atom. The van der Waals surface area contributed by atoms with Crippen molar-refractivity contribution in [2.75, 3.05) is 13.7 Å². The summed E-state index contributed by atoms with van der Waals surface area (Å²) in [6.45, 7) is 2.85. The molecular formula is C27H34O6. The van der Waals surface area contributed by atoms with Gasteiger partial charge in [-0.15, -0.1) is 0 Å². The van der Waals surface area contributed by atoms with Crippen molar-refractivity contribution in [2.45, 2.75) is 64.4 Å². The molecule has 0 unspecified atom stereocenters. The molecule has 0 amide bonds. The SMILES string of the molecule is CCCCCCOc1ccc(C(=O)Oc2ccc(OC(=O)C3CCC(OC)CC3)cc2)cc1. The molecule has 0 N–H and O–H groups in total. The van der Waals surface area contributed by atoms with E-state index in [4.69, 9.17) is 18.9 Å². The number of esters is 2. The molecule has 0 aliphatic heterocycles. The van der Waals surface area contributed by atoms with Gasteiger partial charge in [0.25, 0.3) is 0 Å². The lowest BCUT2D eigenvalue weighted by atomic mass is 9.87. The van der Waals surface area contributed by atoms with Gasteiger partial charge in [0.05, 0.1) is 24.2 Å². The van der Waals surface area contributed by atoms with Crippen molar-refractivity contribution in [1.29, 1.82) is 0 Å². The van der Waals surface area contributed by atoms with E-state index >= 15 is 0 Å². The maximum atomic E-state index is 12.4. The predicted octanol–water partition coefficient (Wildman–Crippen LogP) is 5.98. The molecule has 1 aliphatic rings. The fourth-order valence-electron chi connectivity index (χ4n) is 3.88. The molecule has 1 fully saturated rings. The smallest absolute Gasteiger partial charge is 0.343 e. The van der Waals surface area contributed by atoms with Crippen LogP contribution in [-0.2, 0) is 9.53 Å². The maximum Gasteiger partial charge on any atom is 0.343 e. The highest BCUT2D eigenvalue weighted by Gasteiger charge is 2.27. The maximum absolute atomic E-state index is 12.4. The molecule has 0 atom stereocenters. The van der Waals surface area contributed by atoms with Gasteiger partial charge in [0.2, 0.25) is 0 Å². The summed E-state index contributed by atoms with van der Waals surface area (Å²) >= 11 is 0. The lowest BCUT2D eigenvalue weighted by Crippen LogP contribution is -2.28. The van der Waals surface area contributed by atoms with Gasteiger partial charge in [0, 0.05) is 7.11 Å². The first-order valence-corrected chi connectivity index (χ1v) is 11.9. The summed E-state index contributed by atoms with van der Waals surface area (Å²) in [5.74, 6) is 0.791. The second kappa shape index (κ2) is 13.0. The van der Waals surface area contributed by atoms with E-state index in [2.05, 4.69) is 6.92 Å². The molecule has 2 aromatic carbocycles. The fraction of sp³-hybridized carbons (Fsp3) is 0.481. The first-order valence-electron chi connectivity index (χ1n) is 11.9. The van der Waals surface area contributed by atoms with Crippen LogP contribution < -0.4 is 14.2 Å². The number of hydrogen-bond acceptors (Lipinski definition) is 6. The highest BCUT2D eigenvalue weighted by molar-refractivity contribution is 5.91. The van der Waals surface area contributed by atoms with Crippen LogP contribution >= 0.6 is 0 Å². The largest absolute Gasteiger partial charge is 0.494 e. The molecule has 3 rings (SSSR count). The van der Waals surface area contributed by atoms with Crippen LogP contribution in [0.4, 0.5) is 0 Å². The minimum absolute atomic E-state index is 0.0998. The quantitative estimate of drug-likeness (QED) is 0.236. The van der Waals surface area contributed by atoms with Crippen molar-refractivity contribution in [3.05, 3.63) is 54.1 Å². The third-order valence-electron chi connectivity index (χ3n) is 5.95. The number of carbonyl (C=O) groups excluding carboxylic acids is 2. The van der Waals surface area contributed by atoms with Gasteiger partial charge in [-0.3, -0.25) is 4.79 Å². The molecule has 0 radical (unpaired) electrons. The van der Waals surface area contributed by atoms with Gasteiger partial charge in [0.1, 0.15) is 17.2 Å². The van der Waals surface area contributed by atoms with E-state index in [1.165, 1.54) is 12.8 Å². The second-order valence-corrected chi connectivity index (χ2v) is 8.42. The molecule has 1 saturated carbocycles. The Hall–Kier alpha value is -2.86. The minimum Gasteiger partial charge on any atom is -0.494 e. The summed E-state index contributed by atoms with van der Waals surface area (Å²) in [6, 6.07) is 13.5. The van der Waals surface area contributed by atoms with Crippen molar-refractivity contribution < 1.29 is 28.5 Å². The zero-order valence-electron chi connectivity index (χ0n) is 19.6. The van der Waals surface area contributed by atoms with Crippen LogP contribution in [0.1, 0.15) is 68.6 Å². The van der Waals surface area contributed by atoms with Gasteiger partial charge in [0.15, 0.2) is 0 Å². The first-order chi connectivity index (χ1) is 16.1. The van der Waals surface area contributed by atoms with Crippen LogP contribution in [0, 0.1) is 5.92 Å². The zero-order valence-corrected chi connectivity index (χ0v) is 19.6. The van der Waals surface area contributed by atoms with Gasteiger partial charge < -0.3 is 18.9 Å². The highest BCUT2D eigenvalue weighted by atomic mass is 16.5. The topological polar surface area (TPSA) is 71.1 Å². The Kier molecular flexibility index (Phi) is 9.76. The van der Waals surface area contributed by atoms with E-state index in [-0.39, 0.29) is 18.0 Å². The number of benzene rings is 2. The molecule has 0 aromatic heterocycles. The number of ether oxygens (including phenoxy) is 4. The van der Waals surface area contributed by atoms with Gasteiger partial charge >= 0.3 is 11.9 Å². The average Bonchev–Trinajstić information content (AvgIpc) is 2.85. The Morgan fingerprint density at radius 2 is 1.39 bits per heavy atom. The third-order valence-corrected chi connectivity index (χ3v) is 5.95. The van der Waals surface area contributed by atoms with Crippen LogP contribution in [0.2, 0.25) is 0 Å². The predicted molar refractivity (Wildman–Crippen MR) is 126 cm³/mol. The summed E-state index contributed by atoms with van der Waals surface area (Å²) in [7, 11) is 1.71. The molecular weight excluding hydrogens is 420 g/mol. The minimum atomic E-state index is -0.454. The summed E-state index contributed by atoms with van der Waals surface area (Å²) in [6.07, 6.45) is 8.13. The Labute approximate surface area is 196 Å². The highest BCUT2D eigenvalue weighted by Crippen LogP contribution is 2.28. The number of unbranched alkanes of at least 4 members (excludes halogenated alkanes) is 3. The van der Waals surface area contributed by atoms with Crippen molar-refractivity contribution >= 4 is 11.9 Å². The van der Waals surface area contributed by atoms with Crippen LogP contribution in [0.3, 0.4) is 0 Å². The van der Waals surface area contributed by atoms with Crippen molar-refractivity contribution in [3.8, 4) is 17.2 Å². The number of hydrogen-bond donors (Lipinski definition) is 0. The normalized spacial score (nSPS) is 17.9. The summed E-state index contributed by atoms with van der Waals surface area (Å²) in [5, 5.41) is 0. The molecule has 6 nitrogen and oxygen atoms in total. The Bertz CT molecular complexity index is 866. The number of methoxy groups -OCH3 is 1. The van der Waals surface area contributed by atoms with Crippen molar-refractivity contribution in [2.24, 2.45) is 5.92 Å². The van der Waals surface area contributed by atoms with E-state index in [9.17, 15) is 9.59 Å².